The largest absolute Gasteiger partial charge is 0.351 e. The van der Waals surface area contributed by atoms with Gasteiger partial charge in [-0.25, -0.2) is 9.97 Å². The van der Waals surface area contributed by atoms with Gasteiger partial charge >= 0.3 is 0 Å². The van der Waals surface area contributed by atoms with Crippen molar-refractivity contribution in [3.8, 4) is 0 Å². The van der Waals surface area contributed by atoms with E-state index in [2.05, 4.69) is 30.7 Å². The van der Waals surface area contributed by atoms with Crippen molar-refractivity contribution in [1.82, 2.24) is 30.4 Å². The summed E-state index contributed by atoms with van der Waals surface area (Å²) in [5, 5.41) is 11.6. The molecule has 7 nitrogen and oxygen atoms in total. The lowest BCUT2D eigenvalue weighted by molar-refractivity contribution is 0.673. The quantitative estimate of drug-likeness (QED) is 0.443. The van der Waals surface area contributed by atoms with Gasteiger partial charge in [0.2, 0.25) is 0 Å². The number of aliphatic imine (C=N–C) groups is 1. The zero-order valence-corrected chi connectivity index (χ0v) is 15.7. The molecule has 0 aromatic carbocycles. The van der Waals surface area contributed by atoms with Crippen LogP contribution in [0.2, 0.25) is 0 Å². The van der Waals surface area contributed by atoms with E-state index in [0.717, 1.165) is 29.0 Å². The molecule has 0 radical (unpaired) electrons. The summed E-state index contributed by atoms with van der Waals surface area (Å²) < 4.78 is 1.73. The molecule has 0 saturated carbocycles. The van der Waals surface area contributed by atoms with E-state index in [0.29, 0.717) is 6.54 Å². The van der Waals surface area contributed by atoms with E-state index in [4.69, 9.17) is 0 Å². The number of guanidine groups is 1. The molecule has 116 valence electrons. The summed E-state index contributed by atoms with van der Waals surface area (Å²) in [7, 11) is 3.61. The highest BCUT2D eigenvalue weighted by atomic mass is 127. The highest BCUT2D eigenvalue weighted by Crippen LogP contribution is 2.16. The summed E-state index contributed by atoms with van der Waals surface area (Å²) in [5.41, 5.74) is 1.07. The van der Waals surface area contributed by atoms with Gasteiger partial charge < -0.3 is 10.6 Å². The maximum Gasteiger partial charge on any atom is 0.191 e. The zero-order valence-electron chi connectivity index (χ0n) is 12.5. The number of halogens is 1. The van der Waals surface area contributed by atoms with E-state index in [1.807, 2.05) is 20.9 Å². The number of rotatable bonds is 4. The number of hydrogen-bond donors (Lipinski definition) is 2. The van der Waals surface area contributed by atoms with E-state index in [1.165, 1.54) is 11.2 Å². The van der Waals surface area contributed by atoms with Crippen LogP contribution < -0.4 is 10.6 Å². The summed E-state index contributed by atoms with van der Waals surface area (Å²) in [5.74, 6) is 1.59. The Balaban J connectivity index is 0.00000220. The van der Waals surface area contributed by atoms with Crippen LogP contribution in [-0.2, 0) is 20.1 Å². The molecule has 2 aromatic rings. The van der Waals surface area contributed by atoms with E-state index in [9.17, 15) is 0 Å². The van der Waals surface area contributed by atoms with Crippen molar-refractivity contribution in [1.29, 1.82) is 0 Å². The van der Waals surface area contributed by atoms with Crippen molar-refractivity contribution in [2.45, 2.75) is 26.9 Å². The summed E-state index contributed by atoms with van der Waals surface area (Å²) in [4.78, 5) is 14.0. The van der Waals surface area contributed by atoms with Gasteiger partial charge in [-0.3, -0.25) is 9.67 Å². The first-order valence-electron chi connectivity index (χ1n) is 6.30. The third-order valence-electron chi connectivity index (χ3n) is 2.86. The predicted molar refractivity (Wildman–Crippen MR) is 95.0 cm³/mol. The Kier molecular flexibility index (Phi) is 7.02. The van der Waals surface area contributed by atoms with Crippen molar-refractivity contribution >= 4 is 41.3 Å². The topological polar surface area (TPSA) is 80.0 Å². The Morgan fingerprint density at radius 2 is 2.05 bits per heavy atom. The lowest BCUT2D eigenvalue weighted by atomic mass is 10.4. The predicted octanol–water partition coefficient (Wildman–Crippen LogP) is 1.37. The maximum atomic E-state index is 4.41. The Morgan fingerprint density at radius 3 is 2.57 bits per heavy atom. The Morgan fingerprint density at radius 1 is 1.33 bits per heavy atom. The number of aryl methyl sites for hydroxylation is 3. The van der Waals surface area contributed by atoms with Gasteiger partial charge in [0.05, 0.1) is 23.8 Å². The molecule has 0 saturated heterocycles. The zero-order chi connectivity index (χ0) is 14.5. The molecule has 2 heterocycles. The molecule has 2 N–H and O–H groups in total. The van der Waals surface area contributed by atoms with Gasteiger partial charge in [-0.1, -0.05) is 0 Å². The second kappa shape index (κ2) is 8.27. The Bertz CT molecular complexity index is 605. The fourth-order valence-corrected chi connectivity index (χ4v) is 2.64. The molecule has 0 aliphatic heterocycles. The minimum Gasteiger partial charge on any atom is -0.351 e. The fourth-order valence-electron chi connectivity index (χ4n) is 1.77. The van der Waals surface area contributed by atoms with Gasteiger partial charge in [0, 0.05) is 19.0 Å². The lowest BCUT2D eigenvalue weighted by Crippen LogP contribution is -2.36. The summed E-state index contributed by atoms with van der Waals surface area (Å²) >= 11 is 1.70. The van der Waals surface area contributed by atoms with Crippen LogP contribution in [0.4, 0.5) is 0 Å². The summed E-state index contributed by atoms with van der Waals surface area (Å²) in [6.45, 7) is 5.34. The molecule has 0 bridgehead atoms. The maximum absolute atomic E-state index is 4.41. The molecule has 2 aromatic heterocycles. The molecule has 9 heteroatoms. The van der Waals surface area contributed by atoms with Crippen molar-refractivity contribution in [2.75, 3.05) is 7.05 Å². The molecule has 0 spiro atoms. The van der Waals surface area contributed by atoms with E-state index < -0.39 is 0 Å². The normalized spacial score (nSPS) is 11.1. The van der Waals surface area contributed by atoms with E-state index in [1.54, 1.807) is 23.1 Å². The smallest absolute Gasteiger partial charge is 0.191 e. The van der Waals surface area contributed by atoms with Crippen LogP contribution in [0.15, 0.2) is 11.3 Å². The molecule has 0 amide bonds. The average Bonchev–Trinajstić information content (AvgIpc) is 2.96. The lowest BCUT2D eigenvalue weighted by Gasteiger charge is -2.10. The molecular formula is C12H20IN7S. The highest BCUT2D eigenvalue weighted by molar-refractivity contribution is 14.0. The van der Waals surface area contributed by atoms with Gasteiger partial charge in [0.15, 0.2) is 5.96 Å². The van der Waals surface area contributed by atoms with Gasteiger partial charge in [0.25, 0.3) is 0 Å². The first kappa shape index (κ1) is 17.8. The van der Waals surface area contributed by atoms with Crippen molar-refractivity contribution in [3.05, 3.63) is 27.7 Å². The molecule has 21 heavy (non-hydrogen) atoms. The third-order valence-corrected chi connectivity index (χ3v) is 3.93. The average molecular weight is 421 g/mol. The van der Waals surface area contributed by atoms with Gasteiger partial charge in [-0.05, 0) is 13.8 Å². The van der Waals surface area contributed by atoms with Crippen molar-refractivity contribution < 1.29 is 0 Å². The van der Waals surface area contributed by atoms with Gasteiger partial charge in [0.1, 0.15) is 12.2 Å². The minimum absolute atomic E-state index is 0. The van der Waals surface area contributed by atoms with E-state index >= 15 is 0 Å². The van der Waals surface area contributed by atoms with E-state index in [-0.39, 0.29) is 24.0 Å². The molecule has 0 aliphatic rings. The van der Waals surface area contributed by atoms with Crippen LogP contribution in [0.1, 0.15) is 21.4 Å². The first-order valence-corrected chi connectivity index (χ1v) is 7.12. The monoisotopic (exact) mass is 421 g/mol. The third kappa shape index (κ3) is 4.92. The van der Waals surface area contributed by atoms with Crippen LogP contribution in [-0.4, -0.2) is 32.8 Å². The number of nitrogens with one attached hydrogen (secondary N) is 2. The summed E-state index contributed by atoms with van der Waals surface area (Å²) in [6, 6.07) is 0. The highest BCUT2D eigenvalue weighted by Gasteiger charge is 2.06. The molecule has 0 fully saturated rings. The van der Waals surface area contributed by atoms with Crippen LogP contribution >= 0.6 is 35.3 Å². The van der Waals surface area contributed by atoms with Crippen molar-refractivity contribution in [3.63, 3.8) is 0 Å². The number of hydrogen-bond acceptors (Lipinski definition) is 5. The van der Waals surface area contributed by atoms with Crippen LogP contribution in [0.5, 0.6) is 0 Å². The summed E-state index contributed by atoms with van der Waals surface area (Å²) in [6.07, 6.45) is 1.54. The number of aromatic nitrogens is 4. The molecule has 0 unspecified atom stereocenters. The Labute approximate surface area is 145 Å². The fraction of sp³-hybridized carbons (Fsp3) is 0.500. The second-order valence-corrected chi connectivity index (χ2v) is 5.61. The molecule has 2 rings (SSSR count). The second-order valence-electron chi connectivity index (χ2n) is 4.32. The van der Waals surface area contributed by atoms with Gasteiger partial charge in [-0.2, -0.15) is 5.10 Å². The van der Waals surface area contributed by atoms with Crippen LogP contribution in [0.25, 0.3) is 0 Å². The standard InChI is InChI=1S/C12H19N7S.HI/c1-8-10(20-9(2)18-8)5-14-12(13-3)15-6-11-16-7-17-19(11)4;/h7H,5-6H2,1-4H3,(H2,13,14,15);1H. The minimum atomic E-state index is 0. The Hall–Kier alpha value is -1.23. The van der Waals surface area contributed by atoms with Crippen LogP contribution in [0.3, 0.4) is 0 Å². The molecular weight excluding hydrogens is 401 g/mol. The van der Waals surface area contributed by atoms with Gasteiger partial charge in [-0.15, -0.1) is 35.3 Å². The van der Waals surface area contributed by atoms with Crippen molar-refractivity contribution in [2.24, 2.45) is 12.0 Å². The number of thiazole rings is 1. The number of nitrogens with zero attached hydrogens (tertiary/aromatic N) is 5. The SMILES string of the molecule is CN=C(NCc1sc(C)nc1C)NCc1ncnn1C.I. The van der Waals surface area contributed by atoms with Crippen LogP contribution in [0, 0.1) is 13.8 Å². The molecule has 0 atom stereocenters. The first-order chi connectivity index (χ1) is 9.60. The molecule has 0 aliphatic carbocycles.